The van der Waals surface area contributed by atoms with E-state index < -0.39 is 12.1 Å². The van der Waals surface area contributed by atoms with E-state index in [-0.39, 0.29) is 17.6 Å². The van der Waals surface area contributed by atoms with Gasteiger partial charge in [-0.1, -0.05) is 36.4 Å². The number of para-hydroxylation sites is 2. The number of halogens is 4. The van der Waals surface area contributed by atoms with Crippen molar-refractivity contribution in [1.82, 2.24) is 10.2 Å². The summed E-state index contributed by atoms with van der Waals surface area (Å²) in [5.41, 5.74) is 9.55. The Morgan fingerprint density at radius 3 is 2.18 bits per heavy atom. The van der Waals surface area contributed by atoms with Gasteiger partial charge in [-0.05, 0) is 85.3 Å². The molecule has 2 amide bonds. The molecule has 0 spiro atoms. The number of carbonyl (C=O) groups excluding carboxylic acids is 2. The van der Waals surface area contributed by atoms with Gasteiger partial charge in [-0.2, -0.15) is 13.2 Å². The van der Waals surface area contributed by atoms with Crippen LogP contribution in [-0.4, -0.2) is 59.6 Å². The number of piperidine rings is 1. The number of nitrogens with two attached hydrogens (primary N) is 1. The summed E-state index contributed by atoms with van der Waals surface area (Å²) in [4.78, 5) is 36.0. The number of hydrogen-bond donors (Lipinski definition) is 4. The highest BCUT2D eigenvalue weighted by Crippen LogP contribution is 2.41. The number of nitrogens with one attached hydrogen (secondary N) is 2. The zero-order valence-electron chi connectivity index (χ0n) is 24.3. The van der Waals surface area contributed by atoms with Crippen molar-refractivity contribution in [2.75, 3.05) is 30.7 Å². The second kappa shape index (κ2) is 14.8. The average molecular weight is 627 g/mol. The fraction of sp³-hybridized carbons (Fsp3) is 0.303. The molecule has 0 radical (unpaired) electrons. The summed E-state index contributed by atoms with van der Waals surface area (Å²) in [5.74, 6) is -2.14. The summed E-state index contributed by atoms with van der Waals surface area (Å²) >= 11 is 0. The van der Waals surface area contributed by atoms with Crippen molar-refractivity contribution >= 4 is 35.2 Å². The van der Waals surface area contributed by atoms with Crippen molar-refractivity contribution in [3.05, 3.63) is 101 Å². The van der Waals surface area contributed by atoms with Gasteiger partial charge in [-0.3, -0.25) is 9.59 Å². The molecule has 5 N–H and O–H groups in total. The number of nitrogens with zero attached hydrogens (tertiary/aromatic N) is 1. The Bertz CT molecular complexity index is 1500. The molecule has 0 aromatic heterocycles. The van der Waals surface area contributed by atoms with E-state index in [1.165, 1.54) is 17.7 Å². The molecule has 12 heteroatoms. The molecular formula is C33H34F4N4O4. The number of alkyl halides is 3. The minimum absolute atomic E-state index is 0.0105. The minimum Gasteiger partial charge on any atom is -0.475 e. The van der Waals surface area contributed by atoms with Crippen molar-refractivity contribution < 1.29 is 37.1 Å². The number of hydrogen-bond acceptors (Lipinski definition) is 5. The second-order valence-electron chi connectivity index (χ2n) is 11.0. The predicted molar refractivity (Wildman–Crippen MR) is 163 cm³/mol. The maximum absolute atomic E-state index is 13.1. The molecule has 2 unspecified atom stereocenters. The van der Waals surface area contributed by atoms with Gasteiger partial charge in [0, 0.05) is 36.7 Å². The largest absolute Gasteiger partial charge is 0.490 e. The highest BCUT2D eigenvalue weighted by Gasteiger charge is 2.39. The molecule has 1 aliphatic carbocycles. The van der Waals surface area contributed by atoms with Crippen molar-refractivity contribution in [1.29, 1.82) is 0 Å². The summed E-state index contributed by atoms with van der Waals surface area (Å²) < 4.78 is 44.9. The number of anilines is 2. The number of amides is 2. The zero-order valence-corrected chi connectivity index (χ0v) is 24.3. The number of nitrogen functional groups attached to an aromatic ring is 1. The third-order valence-corrected chi connectivity index (χ3v) is 7.73. The topological polar surface area (TPSA) is 125 Å². The third kappa shape index (κ3) is 9.90. The lowest BCUT2D eigenvalue weighted by Gasteiger charge is -2.31. The minimum atomic E-state index is -5.08. The number of rotatable bonds is 8. The summed E-state index contributed by atoms with van der Waals surface area (Å²) in [5, 5.41) is 13.6. The first-order chi connectivity index (χ1) is 21.4. The van der Waals surface area contributed by atoms with E-state index in [1.807, 2.05) is 41.3 Å². The predicted octanol–water partition coefficient (Wildman–Crippen LogP) is 5.69. The molecule has 1 aliphatic heterocycles. The molecule has 5 rings (SSSR count). The quantitative estimate of drug-likeness (QED) is 0.145. The van der Waals surface area contributed by atoms with Crippen molar-refractivity contribution in [2.24, 2.45) is 5.92 Å². The SMILES string of the molecule is Nc1ccccc1NC(=O)c1ccc(/C=C/C(=O)N2CCC(CNC3CC3c3ccc(F)cc3)CC2)cc1.O=C(O)C(F)(F)F. The molecule has 2 fully saturated rings. The van der Waals surface area contributed by atoms with Crippen LogP contribution in [0.5, 0.6) is 0 Å². The van der Waals surface area contributed by atoms with Crippen LogP contribution >= 0.6 is 0 Å². The summed E-state index contributed by atoms with van der Waals surface area (Å²) in [6.07, 6.45) is 1.37. The Kier molecular flexibility index (Phi) is 10.9. The van der Waals surface area contributed by atoms with Crippen molar-refractivity contribution in [3.8, 4) is 0 Å². The molecule has 1 heterocycles. The molecule has 2 aliphatic rings. The van der Waals surface area contributed by atoms with Crippen molar-refractivity contribution in [2.45, 2.75) is 37.4 Å². The van der Waals surface area contributed by atoms with Crippen LogP contribution in [0.25, 0.3) is 6.08 Å². The first kappa shape index (κ1) is 33.2. The van der Waals surface area contributed by atoms with E-state index in [0.29, 0.717) is 34.8 Å². The van der Waals surface area contributed by atoms with Crippen LogP contribution in [0.1, 0.15) is 46.7 Å². The van der Waals surface area contributed by atoms with Gasteiger partial charge in [0.05, 0.1) is 11.4 Å². The Morgan fingerprint density at radius 2 is 1.58 bits per heavy atom. The van der Waals surface area contributed by atoms with Crippen LogP contribution in [0.2, 0.25) is 0 Å². The fourth-order valence-electron chi connectivity index (χ4n) is 5.00. The Hall–Kier alpha value is -4.71. The second-order valence-corrected chi connectivity index (χ2v) is 11.0. The first-order valence-corrected chi connectivity index (χ1v) is 14.4. The number of carboxylic acids is 1. The molecule has 1 saturated heterocycles. The number of aliphatic carboxylic acids is 1. The maximum atomic E-state index is 13.1. The molecular weight excluding hydrogens is 592 g/mol. The van der Waals surface area contributed by atoms with Crippen LogP contribution in [0, 0.1) is 11.7 Å². The highest BCUT2D eigenvalue weighted by molar-refractivity contribution is 6.05. The lowest BCUT2D eigenvalue weighted by Crippen LogP contribution is -2.40. The van der Waals surface area contributed by atoms with E-state index in [1.54, 1.807) is 36.4 Å². The number of likely N-dealkylation sites (tertiary alicyclic amines) is 1. The molecule has 0 bridgehead atoms. The third-order valence-electron chi connectivity index (χ3n) is 7.73. The zero-order chi connectivity index (χ0) is 32.6. The monoisotopic (exact) mass is 626 g/mol. The Morgan fingerprint density at radius 1 is 0.956 bits per heavy atom. The highest BCUT2D eigenvalue weighted by atomic mass is 19.4. The molecule has 3 aromatic carbocycles. The fourth-order valence-corrected chi connectivity index (χ4v) is 5.00. The normalized spacial score (nSPS) is 18.2. The smallest absolute Gasteiger partial charge is 0.475 e. The van der Waals surface area contributed by atoms with E-state index in [9.17, 15) is 27.2 Å². The van der Waals surface area contributed by atoms with Crippen molar-refractivity contribution in [3.63, 3.8) is 0 Å². The van der Waals surface area contributed by atoms with Gasteiger partial charge in [0.1, 0.15) is 5.82 Å². The maximum Gasteiger partial charge on any atom is 0.490 e. The van der Waals surface area contributed by atoms with Crippen LogP contribution in [-0.2, 0) is 9.59 Å². The van der Waals surface area contributed by atoms with Crippen LogP contribution in [0.3, 0.4) is 0 Å². The average Bonchev–Trinajstić information content (AvgIpc) is 3.80. The van der Waals surface area contributed by atoms with Gasteiger partial charge in [0.25, 0.3) is 5.91 Å². The summed E-state index contributed by atoms with van der Waals surface area (Å²) in [7, 11) is 0. The molecule has 45 heavy (non-hydrogen) atoms. The van der Waals surface area contributed by atoms with Gasteiger partial charge in [0.15, 0.2) is 0 Å². The van der Waals surface area contributed by atoms with Gasteiger partial charge in [0.2, 0.25) is 5.91 Å². The Balaban J connectivity index is 0.000000591. The molecule has 1 saturated carbocycles. The van der Waals surface area contributed by atoms with Crippen LogP contribution in [0.4, 0.5) is 28.9 Å². The van der Waals surface area contributed by atoms with Gasteiger partial charge in [-0.25, -0.2) is 9.18 Å². The lowest BCUT2D eigenvalue weighted by molar-refractivity contribution is -0.192. The van der Waals surface area contributed by atoms with E-state index >= 15 is 0 Å². The summed E-state index contributed by atoms with van der Waals surface area (Å²) in [6, 6.07) is 21.5. The van der Waals surface area contributed by atoms with Crippen LogP contribution in [0.15, 0.2) is 78.9 Å². The molecule has 238 valence electrons. The van der Waals surface area contributed by atoms with E-state index in [4.69, 9.17) is 15.6 Å². The number of benzene rings is 3. The van der Waals surface area contributed by atoms with Gasteiger partial charge >= 0.3 is 12.1 Å². The summed E-state index contributed by atoms with van der Waals surface area (Å²) in [6.45, 7) is 2.46. The van der Waals surface area contributed by atoms with E-state index in [2.05, 4.69) is 10.6 Å². The molecule has 3 aromatic rings. The number of carboxylic acid groups (broad SMARTS) is 1. The van der Waals surface area contributed by atoms with Gasteiger partial charge in [-0.15, -0.1) is 0 Å². The van der Waals surface area contributed by atoms with Gasteiger partial charge < -0.3 is 26.4 Å². The van der Waals surface area contributed by atoms with E-state index in [0.717, 1.165) is 44.5 Å². The molecule has 8 nitrogen and oxygen atoms in total. The standard InChI is InChI=1S/C31H33FN4O2.C2HF3O2/c32-25-12-10-23(11-13-25)26-19-29(26)34-20-22-15-17-36(18-16-22)30(37)14-7-21-5-8-24(9-6-21)31(38)35-28-4-2-1-3-27(28)33;3-2(4,5)1(6)7/h1-14,22,26,29,34H,15-20,33H2,(H,35,38);(H,6,7)/b14-7+;. The first-order valence-electron chi connectivity index (χ1n) is 14.4. The molecule has 2 atom stereocenters. The van der Waals surface area contributed by atoms with Crippen LogP contribution < -0.4 is 16.4 Å². The Labute approximate surface area is 257 Å². The number of carbonyl (C=O) groups is 3. The lowest BCUT2D eigenvalue weighted by atomic mass is 9.96.